The van der Waals surface area contributed by atoms with Gasteiger partial charge in [-0.05, 0) is 31.9 Å². The summed E-state index contributed by atoms with van der Waals surface area (Å²) < 4.78 is 5.31. The predicted octanol–water partition coefficient (Wildman–Crippen LogP) is 2.30. The molecule has 0 saturated heterocycles. The molecule has 5 heteroatoms. The molecule has 2 rings (SSSR count). The van der Waals surface area contributed by atoms with E-state index in [0.29, 0.717) is 13.2 Å². The highest BCUT2D eigenvalue weighted by atomic mass is 16.5. The standard InChI is InChI=1S/C17H26N4O/c1-3-18-17(20-11-12-22-4-2)19-10-9-14-13-21-16-8-6-5-7-15(14)16/h5-8,13,21H,3-4,9-12H2,1-2H3,(H2,18,19,20). The van der Waals surface area contributed by atoms with E-state index in [1.807, 2.05) is 6.92 Å². The Morgan fingerprint density at radius 2 is 2.09 bits per heavy atom. The Balaban J connectivity index is 1.84. The first-order valence-electron chi connectivity index (χ1n) is 8.00. The molecule has 0 aliphatic rings. The lowest BCUT2D eigenvalue weighted by Gasteiger charge is -2.11. The lowest BCUT2D eigenvalue weighted by atomic mass is 10.1. The van der Waals surface area contributed by atoms with Gasteiger partial charge in [-0.1, -0.05) is 18.2 Å². The highest BCUT2D eigenvalue weighted by Gasteiger charge is 2.03. The predicted molar refractivity (Wildman–Crippen MR) is 92.5 cm³/mol. The topological polar surface area (TPSA) is 61.4 Å². The number of hydrogen-bond acceptors (Lipinski definition) is 2. The zero-order valence-corrected chi connectivity index (χ0v) is 13.5. The minimum Gasteiger partial charge on any atom is -0.380 e. The summed E-state index contributed by atoms with van der Waals surface area (Å²) in [4.78, 5) is 7.80. The van der Waals surface area contributed by atoms with Crippen LogP contribution in [0, 0.1) is 0 Å². The molecule has 0 fully saturated rings. The Labute approximate surface area is 132 Å². The summed E-state index contributed by atoms with van der Waals surface area (Å²) in [5.74, 6) is 0.849. The van der Waals surface area contributed by atoms with Crippen LogP contribution >= 0.6 is 0 Å². The SMILES string of the molecule is CCNC(=NCCOCC)NCCc1c[nH]c2ccccc12. The van der Waals surface area contributed by atoms with Crippen LogP contribution in [0.25, 0.3) is 10.9 Å². The lowest BCUT2D eigenvalue weighted by Crippen LogP contribution is -2.38. The molecule has 5 nitrogen and oxygen atoms in total. The first kappa shape index (κ1) is 16.4. The van der Waals surface area contributed by atoms with Crippen molar-refractivity contribution in [3.63, 3.8) is 0 Å². The van der Waals surface area contributed by atoms with Gasteiger partial charge in [0.1, 0.15) is 0 Å². The Morgan fingerprint density at radius 1 is 1.23 bits per heavy atom. The van der Waals surface area contributed by atoms with Crippen LogP contribution in [0.2, 0.25) is 0 Å². The van der Waals surface area contributed by atoms with E-state index in [-0.39, 0.29) is 0 Å². The van der Waals surface area contributed by atoms with E-state index < -0.39 is 0 Å². The zero-order valence-electron chi connectivity index (χ0n) is 13.5. The number of aliphatic imine (C=N–C) groups is 1. The minimum atomic E-state index is 0.662. The van der Waals surface area contributed by atoms with Crippen LogP contribution in [-0.2, 0) is 11.2 Å². The Hall–Kier alpha value is -2.01. The maximum Gasteiger partial charge on any atom is 0.191 e. The number of guanidine groups is 1. The van der Waals surface area contributed by atoms with Gasteiger partial charge in [0.15, 0.2) is 5.96 Å². The Kier molecular flexibility index (Phi) is 6.77. The Morgan fingerprint density at radius 3 is 2.91 bits per heavy atom. The molecular formula is C17H26N4O. The van der Waals surface area contributed by atoms with Gasteiger partial charge in [0.2, 0.25) is 0 Å². The van der Waals surface area contributed by atoms with E-state index in [4.69, 9.17) is 4.74 Å². The first-order chi connectivity index (χ1) is 10.8. The number of aromatic nitrogens is 1. The summed E-state index contributed by atoms with van der Waals surface area (Å²) >= 11 is 0. The van der Waals surface area contributed by atoms with Crippen molar-refractivity contribution in [3.05, 3.63) is 36.0 Å². The van der Waals surface area contributed by atoms with Crippen LogP contribution < -0.4 is 10.6 Å². The van der Waals surface area contributed by atoms with E-state index in [9.17, 15) is 0 Å². The molecule has 1 heterocycles. The number of benzene rings is 1. The highest BCUT2D eigenvalue weighted by Crippen LogP contribution is 2.17. The van der Waals surface area contributed by atoms with Crippen molar-refractivity contribution in [1.82, 2.24) is 15.6 Å². The van der Waals surface area contributed by atoms with Crippen LogP contribution in [0.5, 0.6) is 0 Å². The van der Waals surface area contributed by atoms with Crippen molar-refractivity contribution < 1.29 is 4.74 Å². The Bertz CT molecular complexity index is 591. The number of para-hydroxylation sites is 1. The number of aromatic amines is 1. The van der Waals surface area contributed by atoms with E-state index in [1.54, 1.807) is 0 Å². The average molecular weight is 302 g/mol. The molecule has 3 N–H and O–H groups in total. The monoisotopic (exact) mass is 302 g/mol. The molecule has 0 aliphatic carbocycles. The third kappa shape index (κ3) is 4.77. The fourth-order valence-corrected chi connectivity index (χ4v) is 2.36. The van der Waals surface area contributed by atoms with E-state index >= 15 is 0 Å². The number of nitrogens with zero attached hydrogens (tertiary/aromatic N) is 1. The third-order valence-corrected chi connectivity index (χ3v) is 3.42. The van der Waals surface area contributed by atoms with Crippen LogP contribution in [0.15, 0.2) is 35.5 Å². The van der Waals surface area contributed by atoms with Crippen molar-refractivity contribution in [2.24, 2.45) is 4.99 Å². The van der Waals surface area contributed by atoms with Crippen molar-refractivity contribution in [3.8, 4) is 0 Å². The minimum absolute atomic E-state index is 0.662. The normalized spacial score (nSPS) is 11.8. The van der Waals surface area contributed by atoms with Crippen LogP contribution in [0.4, 0.5) is 0 Å². The second-order valence-corrected chi connectivity index (χ2v) is 4.99. The second-order valence-electron chi connectivity index (χ2n) is 4.99. The number of H-pyrrole nitrogens is 1. The molecule has 0 saturated carbocycles. The fourth-order valence-electron chi connectivity index (χ4n) is 2.36. The van der Waals surface area contributed by atoms with Crippen LogP contribution in [0.3, 0.4) is 0 Å². The number of rotatable bonds is 8. The highest BCUT2D eigenvalue weighted by molar-refractivity contribution is 5.83. The zero-order chi connectivity index (χ0) is 15.6. The first-order valence-corrected chi connectivity index (χ1v) is 8.00. The summed E-state index contributed by atoms with van der Waals surface area (Å²) in [7, 11) is 0. The van der Waals surface area contributed by atoms with Gasteiger partial charge in [-0.25, -0.2) is 0 Å². The largest absolute Gasteiger partial charge is 0.380 e. The number of fused-ring (bicyclic) bond motifs is 1. The molecule has 0 spiro atoms. The number of ether oxygens (including phenoxy) is 1. The van der Waals surface area contributed by atoms with Gasteiger partial charge in [0.05, 0.1) is 13.2 Å². The smallest absolute Gasteiger partial charge is 0.191 e. The van der Waals surface area contributed by atoms with Gasteiger partial charge in [-0.15, -0.1) is 0 Å². The van der Waals surface area contributed by atoms with Gasteiger partial charge in [-0.3, -0.25) is 4.99 Å². The number of nitrogens with one attached hydrogen (secondary N) is 3. The summed E-state index contributed by atoms with van der Waals surface area (Å²) in [6.45, 7) is 7.84. The van der Waals surface area contributed by atoms with E-state index in [1.165, 1.54) is 16.5 Å². The van der Waals surface area contributed by atoms with Crippen LogP contribution in [0.1, 0.15) is 19.4 Å². The van der Waals surface area contributed by atoms with Crippen LogP contribution in [-0.4, -0.2) is 43.8 Å². The quantitative estimate of drug-likeness (QED) is 0.398. The van der Waals surface area contributed by atoms with E-state index in [2.05, 4.69) is 58.0 Å². The maximum absolute atomic E-state index is 5.31. The molecule has 0 atom stereocenters. The van der Waals surface area contributed by atoms with Crippen molar-refractivity contribution in [2.75, 3.05) is 32.8 Å². The average Bonchev–Trinajstić information content (AvgIpc) is 2.95. The molecule has 0 bridgehead atoms. The lowest BCUT2D eigenvalue weighted by molar-refractivity contribution is 0.155. The number of hydrogen-bond donors (Lipinski definition) is 3. The molecule has 2 aromatic rings. The molecule has 0 unspecified atom stereocenters. The molecule has 1 aromatic carbocycles. The summed E-state index contributed by atoms with van der Waals surface area (Å²) in [5, 5.41) is 7.92. The molecular weight excluding hydrogens is 276 g/mol. The van der Waals surface area contributed by atoms with Crippen molar-refractivity contribution >= 4 is 16.9 Å². The van der Waals surface area contributed by atoms with Gasteiger partial charge in [0, 0.05) is 36.8 Å². The summed E-state index contributed by atoms with van der Waals surface area (Å²) in [5.41, 5.74) is 2.52. The maximum atomic E-state index is 5.31. The molecule has 0 amide bonds. The van der Waals surface area contributed by atoms with Gasteiger partial charge in [-0.2, -0.15) is 0 Å². The van der Waals surface area contributed by atoms with Gasteiger partial charge in [0.25, 0.3) is 0 Å². The molecule has 120 valence electrons. The van der Waals surface area contributed by atoms with Gasteiger partial charge < -0.3 is 20.4 Å². The molecule has 0 aliphatic heterocycles. The molecule has 22 heavy (non-hydrogen) atoms. The summed E-state index contributed by atoms with van der Waals surface area (Å²) in [6, 6.07) is 8.38. The van der Waals surface area contributed by atoms with Gasteiger partial charge >= 0.3 is 0 Å². The van der Waals surface area contributed by atoms with E-state index in [0.717, 1.165) is 32.1 Å². The third-order valence-electron chi connectivity index (χ3n) is 3.42. The molecule has 0 radical (unpaired) electrons. The second kappa shape index (κ2) is 9.10. The summed E-state index contributed by atoms with van der Waals surface area (Å²) in [6.07, 6.45) is 3.05. The van der Waals surface area contributed by atoms with Crippen molar-refractivity contribution in [1.29, 1.82) is 0 Å². The molecule has 1 aromatic heterocycles. The van der Waals surface area contributed by atoms with Crippen molar-refractivity contribution in [2.45, 2.75) is 20.3 Å². The fraction of sp³-hybridized carbons (Fsp3) is 0.471.